The van der Waals surface area contributed by atoms with E-state index in [1.54, 1.807) is 0 Å². The van der Waals surface area contributed by atoms with Crippen LogP contribution < -0.4 is 0 Å². The van der Waals surface area contributed by atoms with Crippen molar-refractivity contribution in [1.82, 2.24) is 4.90 Å². The van der Waals surface area contributed by atoms with Crippen LogP contribution in [0.1, 0.15) is 39.5 Å². The maximum atomic E-state index is 12.2. The molecule has 0 aromatic heterocycles. The lowest BCUT2D eigenvalue weighted by molar-refractivity contribution is -0.136. The number of halogens is 1. The predicted octanol–water partition coefficient (Wildman–Crippen LogP) is 3.06. The number of amides is 1. The minimum absolute atomic E-state index is 0.306. The van der Waals surface area contributed by atoms with Gasteiger partial charge in [-0.15, -0.1) is 0 Å². The Morgan fingerprint density at radius 1 is 1.47 bits per heavy atom. The van der Waals surface area contributed by atoms with Gasteiger partial charge < -0.3 is 4.90 Å². The first-order valence-corrected chi connectivity index (χ1v) is 7.17. The van der Waals surface area contributed by atoms with Gasteiger partial charge in [0, 0.05) is 24.3 Å². The standard InChI is InChI=1S/C12H22BrNO/c1-3-14(9-5-8-13)12(15)11-7-4-6-10(11)2/h10-11H,3-9H2,1-2H3. The first-order valence-electron chi connectivity index (χ1n) is 6.05. The Kier molecular flexibility index (Phi) is 5.65. The van der Waals surface area contributed by atoms with E-state index in [-0.39, 0.29) is 0 Å². The topological polar surface area (TPSA) is 20.3 Å². The number of hydrogen-bond acceptors (Lipinski definition) is 1. The van der Waals surface area contributed by atoms with Gasteiger partial charge in [-0.05, 0) is 32.1 Å². The fourth-order valence-corrected chi connectivity index (χ4v) is 2.67. The summed E-state index contributed by atoms with van der Waals surface area (Å²) in [6.07, 6.45) is 4.62. The van der Waals surface area contributed by atoms with Crippen molar-refractivity contribution in [2.24, 2.45) is 11.8 Å². The average Bonchev–Trinajstić information content (AvgIpc) is 2.65. The zero-order chi connectivity index (χ0) is 11.3. The lowest BCUT2D eigenvalue weighted by Crippen LogP contribution is -2.37. The minimum Gasteiger partial charge on any atom is -0.343 e. The quantitative estimate of drug-likeness (QED) is 0.707. The summed E-state index contributed by atoms with van der Waals surface area (Å²) in [7, 11) is 0. The van der Waals surface area contributed by atoms with Gasteiger partial charge in [0.1, 0.15) is 0 Å². The summed E-state index contributed by atoms with van der Waals surface area (Å²) < 4.78 is 0. The van der Waals surface area contributed by atoms with Gasteiger partial charge in [-0.25, -0.2) is 0 Å². The lowest BCUT2D eigenvalue weighted by atomic mass is 9.96. The zero-order valence-electron chi connectivity index (χ0n) is 9.84. The Morgan fingerprint density at radius 2 is 2.20 bits per heavy atom. The highest BCUT2D eigenvalue weighted by atomic mass is 79.9. The molecular weight excluding hydrogens is 254 g/mol. The molecule has 0 spiro atoms. The molecular formula is C12H22BrNO. The maximum Gasteiger partial charge on any atom is 0.225 e. The number of nitrogens with zero attached hydrogens (tertiary/aromatic N) is 1. The summed E-state index contributed by atoms with van der Waals surface area (Å²) in [5, 5.41) is 0.983. The van der Waals surface area contributed by atoms with E-state index in [1.165, 1.54) is 12.8 Å². The number of carbonyl (C=O) groups excluding carboxylic acids is 1. The molecule has 0 aromatic carbocycles. The minimum atomic E-state index is 0.306. The molecule has 1 saturated carbocycles. The second-order valence-corrected chi connectivity index (χ2v) is 5.27. The number of carbonyl (C=O) groups is 1. The van der Waals surface area contributed by atoms with Crippen molar-refractivity contribution in [1.29, 1.82) is 0 Å². The molecule has 15 heavy (non-hydrogen) atoms. The highest BCUT2D eigenvalue weighted by Gasteiger charge is 2.31. The van der Waals surface area contributed by atoms with Gasteiger partial charge in [0.15, 0.2) is 0 Å². The van der Waals surface area contributed by atoms with Crippen LogP contribution in [0.25, 0.3) is 0 Å². The molecule has 1 aliphatic carbocycles. The normalized spacial score (nSPS) is 25.5. The van der Waals surface area contributed by atoms with Crippen LogP contribution in [0.2, 0.25) is 0 Å². The Hall–Kier alpha value is -0.0500. The van der Waals surface area contributed by atoms with E-state index in [0.29, 0.717) is 17.7 Å². The Bertz CT molecular complexity index is 208. The lowest BCUT2D eigenvalue weighted by Gasteiger charge is -2.26. The van der Waals surface area contributed by atoms with Crippen LogP contribution in [-0.4, -0.2) is 29.2 Å². The van der Waals surface area contributed by atoms with Crippen LogP contribution in [0.4, 0.5) is 0 Å². The Labute approximate surface area is 102 Å². The molecule has 0 N–H and O–H groups in total. The van der Waals surface area contributed by atoms with Crippen molar-refractivity contribution < 1.29 is 4.79 Å². The van der Waals surface area contributed by atoms with Crippen molar-refractivity contribution in [3.05, 3.63) is 0 Å². The molecule has 1 aliphatic rings. The monoisotopic (exact) mass is 275 g/mol. The third kappa shape index (κ3) is 3.47. The molecule has 88 valence electrons. The van der Waals surface area contributed by atoms with E-state index in [0.717, 1.165) is 31.3 Å². The van der Waals surface area contributed by atoms with E-state index in [4.69, 9.17) is 0 Å². The first-order chi connectivity index (χ1) is 7.20. The van der Waals surface area contributed by atoms with Gasteiger partial charge in [-0.1, -0.05) is 29.3 Å². The van der Waals surface area contributed by atoms with Crippen molar-refractivity contribution >= 4 is 21.8 Å². The molecule has 1 amide bonds. The van der Waals surface area contributed by atoms with Crippen LogP contribution >= 0.6 is 15.9 Å². The summed E-state index contributed by atoms with van der Waals surface area (Å²) in [6, 6.07) is 0. The largest absolute Gasteiger partial charge is 0.343 e. The molecule has 1 rings (SSSR count). The van der Waals surface area contributed by atoms with Gasteiger partial charge in [0.25, 0.3) is 0 Å². The second-order valence-electron chi connectivity index (χ2n) is 4.48. The molecule has 0 saturated heterocycles. The number of rotatable bonds is 5. The molecule has 0 aromatic rings. The summed E-state index contributed by atoms with van der Waals surface area (Å²) in [6.45, 7) is 6.05. The number of hydrogen-bond donors (Lipinski definition) is 0. The third-order valence-corrected chi connectivity index (χ3v) is 3.99. The van der Waals surface area contributed by atoms with Crippen molar-refractivity contribution in [2.45, 2.75) is 39.5 Å². The SMILES string of the molecule is CCN(CCCBr)C(=O)C1CCCC1C. The van der Waals surface area contributed by atoms with E-state index >= 15 is 0 Å². The predicted molar refractivity (Wildman–Crippen MR) is 67.2 cm³/mol. The van der Waals surface area contributed by atoms with Gasteiger partial charge in [0.2, 0.25) is 5.91 Å². The van der Waals surface area contributed by atoms with E-state index in [9.17, 15) is 4.79 Å². The van der Waals surface area contributed by atoms with Crippen LogP contribution in [0.3, 0.4) is 0 Å². The summed E-state index contributed by atoms with van der Waals surface area (Å²) in [5.41, 5.74) is 0. The van der Waals surface area contributed by atoms with Crippen molar-refractivity contribution in [3.63, 3.8) is 0 Å². The highest BCUT2D eigenvalue weighted by Crippen LogP contribution is 2.32. The van der Waals surface area contributed by atoms with Gasteiger partial charge in [0.05, 0.1) is 0 Å². The van der Waals surface area contributed by atoms with E-state index < -0.39 is 0 Å². The molecule has 2 unspecified atom stereocenters. The van der Waals surface area contributed by atoms with Crippen LogP contribution in [0, 0.1) is 11.8 Å². The average molecular weight is 276 g/mol. The molecule has 2 nitrogen and oxygen atoms in total. The third-order valence-electron chi connectivity index (χ3n) is 3.43. The fourth-order valence-electron chi connectivity index (χ4n) is 2.42. The Morgan fingerprint density at radius 3 is 2.67 bits per heavy atom. The molecule has 0 heterocycles. The van der Waals surface area contributed by atoms with Crippen LogP contribution in [-0.2, 0) is 4.79 Å². The maximum absolute atomic E-state index is 12.2. The van der Waals surface area contributed by atoms with Crippen LogP contribution in [0.5, 0.6) is 0 Å². The van der Waals surface area contributed by atoms with Gasteiger partial charge in [-0.2, -0.15) is 0 Å². The molecule has 1 fully saturated rings. The summed E-state index contributed by atoms with van der Waals surface area (Å²) >= 11 is 3.41. The van der Waals surface area contributed by atoms with E-state index in [2.05, 4.69) is 29.8 Å². The fraction of sp³-hybridized carbons (Fsp3) is 0.917. The summed E-state index contributed by atoms with van der Waals surface area (Å²) in [4.78, 5) is 14.2. The molecule has 0 aliphatic heterocycles. The Balaban J connectivity index is 2.48. The molecule has 2 atom stereocenters. The van der Waals surface area contributed by atoms with Crippen LogP contribution in [0.15, 0.2) is 0 Å². The zero-order valence-corrected chi connectivity index (χ0v) is 11.4. The second kappa shape index (κ2) is 6.51. The molecule has 0 radical (unpaired) electrons. The number of alkyl halides is 1. The van der Waals surface area contributed by atoms with Gasteiger partial charge >= 0.3 is 0 Å². The van der Waals surface area contributed by atoms with Crippen molar-refractivity contribution in [2.75, 3.05) is 18.4 Å². The molecule has 0 bridgehead atoms. The first kappa shape index (κ1) is 13.0. The summed E-state index contributed by atoms with van der Waals surface area (Å²) in [5.74, 6) is 1.29. The smallest absolute Gasteiger partial charge is 0.225 e. The van der Waals surface area contributed by atoms with Gasteiger partial charge in [-0.3, -0.25) is 4.79 Å². The van der Waals surface area contributed by atoms with Crippen molar-refractivity contribution in [3.8, 4) is 0 Å². The van der Waals surface area contributed by atoms with E-state index in [1.807, 2.05) is 4.90 Å². The highest BCUT2D eigenvalue weighted by molar-refractivity contribution is 9.09. The molecule has 3 heteroatoms.